The highest BCUT2D eigenvalue weighted by Crippen LogP contribution is 1.88. The average Bonchev–Trinajstić information content (AvgIpc) is 2.01. The molecule has 0 spiro atoms. The Morgan fingerprint density at radius 1 is 1.23 bits per heavy atom. The average molecular weight is 188 g/mol. The number of hydrogen-bond donors (Lipinski definition) is 1. The summed E-state index contributed by atoms with van der Waals surface area (Å²) in [6.45, 7) is 2.55. The summed E-state index contributed by atoms with van der Waals surface area (Å²) >= 11 is 0. The van der Waals surface area contributed by atoms with E-state index in [4.69, 9.17) is 5.11 Å². The Morgan fingerprint density at radius 2 is 1.77 bits per heavy atom. The molecule has 0 saturated heterocycles. The van der Waals surface area contributed by atoms with E-state index >= 15 is 0 Å². The van der Waals surface area contributed by atoms with E-state index in [0.717, 1.165) is 0 Å². The highest BCUT2D eigenvalue weighted by atomic mass is 16.4. The molecule has 76 valence electrons. The van der Waals surface area contributed by atoms with Gasteiger partial charge in [-0.15, -0.1) is 0 Å². The SMILES string of the molecule is CCN(C)C(=O)CN(C)CC(=O)O. The van der Waals surface area contributed by atoms with Crippen molar-refractivity contribution in [1.82, 2.24) is 9.80 Å². The Bertz CT molecular complexity index is 194. The molecule has 1 amide bonds. The van der Waals surface area contributed by atoms with Gasteiger partial charge in [0.2, 0.25) is 5.91 Å². The van der Waals surface area contributed by atoms with E-state index in [-0.39, 0.29) is 19.0 Å². The number of hydrogen-bond acceptors (Lipinski definition) is 3. The van der Waals surface area contributed by atoms with Crippen molar-refractivity contribution in [2.24, 2.45) is 0 Å². The molecule has 0 aliphatic heterocycles. The number of carbonyl (C=O) groups is 2. The van der Waals surface area contributed by atoms with Gasteiger partial charge in [-0.3, -0.25) is 14.5 Å². The van der Waals surface area contributed by atoms with Crippen LogP contribution in [0.4, 0.5) is 0 Å². The normalized spacial score (nSPS) is 10.2. The summed E-state index contributed by atoms with van der Waals surface area (Å²) in [7, 11) is 3.30. The molecule has 0 bridgehead atoms. The molecule has 0 unspecified atom stereocenters. The maximum absolute atomic E-state index is 11.3. The molecule has 13 heavy (non-hydrogen) atoms. The van der Waals surface area contributed by atoms with E-state index in [1.807, 2.05) is 6.92 Å². The molecular weight excluding hydrogens is 172 g/mol. The first-order valence-electron chi connectivity index (χ1n) is 4.11. The van der Waals surface area contributed by atoms with Gasteiger partial charge in [-0.25, -0.2) is 0 Å². The maximum Gasteiger partial charge on any atom is 0.317 e. The maximum atomic E-state index is 11.3. The van der Waals surface area contributed by atoms with Crippen molar-refractivity contribution in [3.63, 3.8) is 0 Å². The topological polar surface area (TPSA) is 60.9 Å². The van der Waals surface area contributed by atoms with Crippen LogP contribution in [0, 0.1) is 0 Å². The monoisotopic (exact) mass is 188 g/mol. The van der Waals surface area contributed by atoms with Gasteiger partial charge in [-0.1, -0.05) is 0 Å². The number of rotatable bonds is 5. The second kappa shape index (κ2) is 5.53. The zero-order valence-electron chi connectivity index (χ0n) is 8.28. The van der Waals surface area contributed by atoms with Crippen LogP contribution in [0.15, 0.2) is 0 Å². The van der Waals surface area contributed by atoms with Crippen LogP contribution in [0.25, 0.3) is 0 Å². The van der Waals surface area contributed by atoms with Crippen LogP contribution in [-0.2, 0) is 9.59 Å². The first kappa shape index (κ1) is 11.9. The summed E-state index contributed by atoms with van der Waals surface area (Å²) in [5.74, 6) is -0.985. The predicted molar refractivity (Wildman–Crippen MR) is 48.4 cm³/mol. The van der Waals surface area contributed by atoms with Gasteiger partial charge in [-0.2, -0.15) is 0 Å². The van der Waals surface area contributed by atoms with E-state index in [1.54, 1.807) is 19.0 Å². The fourth-order valence-corrected chi connectivity index (χ4v) is 0.815. The van der Waals surface area contributed by atoms with E-state index < -0.39 is 5.97 Å². The first-order valence-corrected chi connectivity index (χ1v) is 4.11. The lowest BCUT2D eigenvalue weighted by Gasteiger charge is -2.19. The lowest BCUT2D eigenvalue weighted by atomic mass is 10.4. The number of nitrogens with zero attached hydrogens (tertiary/aromatic N) is 2. The highest BCUT2D eigenvalue weighted by Gasteiger charge is 2.11. The summed E-state index contributed by atoms with van der Waals surface area (Å²) in [6, 6.07) is 0. The van der Waals surface area contributed by atoms with Crippen molar-refractivity contribution in [2.45, 2.75) is 6.92 Å². The van der Waals surface area contributed by atoms with Gasteiger partial charge in [0.15, 0.2) is 0 Å². The van der Waals surface area contributed by atoms with E-state index in [9.17, 15) is 9.59 Å². The third-order valence-electron chi connectivity index (χ3n) is 1.71. The lowest BCUT2D eigenvalue weighted by Crippen LogP contribution is -2.38. The van der Waals surface area contributed by atoms with Crippen molar-refractivity contribution in [3.05, 3.63) is 0 Å². The van der Waals surface area contributed by atoms with Crippen molar-refractivity contribution in [3.8, 4) is 0 Å². The van der Waals surface area contributed by atoms with Gasteiger partial charge >= 0.3 is 5.97 Å². The number of carbonyl (C=O) groups excluding carboxylic acids is 1. The number of carboxylic acid groups (broad SMARTS) is 1. The predicted octanol–water partition coefficient (Wildman–Crippen LogP) is -0.519. The minimum Gasteiger partial charge on any atom is -0.480 e. The minimum absolute atomic E-state index is 0.0637. The molecule has 0 atom stereocenters. The van der Waals surface area contributed by atoms with Gasteiger partial charge in [0.1, 0.15) is 0 Å². The van der Waals surface area contributed by atoms with Gasteiger partial charge < -0.3 is 10.0 Å². The van der Waals surface area contributed by atoms with Crippen molar-refractivity contribution >= 4 is 11.9 Å². The van der Waals surface area contributed by atoms with Crippen LogP contribution in [0.5, 0.6) is 0 Å². The van der Waals surface area contributed by atoms with Crippen molar-refractivity contribution in [2.75, 3.05) is 33.7 Å². The smallest absolute Gasteiger partial charge is 0.317 e. The Hall–Kier alpha value is -1.10. The summed E-state index contributed by atoms with van der Waals surface area (Å²) in [6.07, 6.45) is 0. The summed E-state index contributed by atoms with van der Waals surface area (Å²) in [5, 5.41) is 8.43. The van der Waals surface area contributed by atoms with E-state index in [0.29, 0.717) is 6.54 Å². The van der Waals surface area contributed by atoms with Gasteiger partial charge in [-0.05, 0) is 14.0 Å². The molecule has 0 fully saturated rings. The van der Waals surface area contributed by atoms with Crippen LogP contribution in [0.2, 0.25) is 0 Å². The van der Waals surface area contributed by atoms with E-state index in [2.05, 4.69) is 0 Å². The molecular formula is C8H16N2O3. The number of aliphatic carboxylic acids is 1. The number of likely N-dealkylation sites (N-methyl/N-ethyl adjacent to an activating group) is 2. The Morgan fingerprint density at radius 3 is 2.15 bits per heavy atom. The highest BCUT2D eigenvalue weighted by molar-refractivity contribution is 5.78. The van der Waals surface area contributed by atoms with Gasteiger partial charge in [0.05, 0.1) is 13.1 Å². The van der Waals surface area contributed by atoms with Crippen molar-refractivity contribution < 1.29 is 14.7 Å². The van der Waals surface area contributed by atoms with E-state index in [1.165, 1.54) is 4.90 Å². The molecule has 0 aromatic rings. The number of amides is 1. The third kappa shape index (κ3) is 5.19. The molecule has 5 heteroatoms. The zero-order chi connectivity index (χ0) is 10.4. The second-order valence-corrected chi connectivity index (χ2v) is 2.97. The molecule has 0 heterocycles. The van der Waals surface area contributed by atoms with Gasteiger partial charge in [0.25, 0.3) is 0 Å². The van der Waals surface area contributed by atoms with Crippen LogP contribution in [0.1, 0.15) is 6.92 Å². The van der Waals surface area contributed by atoms with Crippen LogP contribution < -0.4 is 0 Å². The van der Waals surface area contributed by atoms with Gasteiger partial charge in [0, 0.05) is 13.6 Å². The molecule has 0 aromatic carbocycles. The second-order valence-electron chi connectivity index (χ2n) is 2.97. The van der Waals surface area contributed by atoms with Crippen molar-refractivity contribution in [1.29, 1.82) is 0 Å². The Labute approximate surface area is 77.9 Å². The number of carboxylic acids is 1. The molecule has 0 aromatic heterocycles. The zero-order valence-corrected chi connectivity index (χ0v) is 8.28. The summed E-state index contributed by atoms with van der Waals surface area (Å²) in [5.41, 5.74) is 0. The van der Waals surface area contributed by atoms with Crippen LogP contribution in [-0.4, -0.2) is 60.5 Å². The minimum atomic E-state index is -0.922. The van der Waals surface area contributed by atoms with Crippen LogP contribution in [0.3, 0.4) is 0 Å². The molecule has 0 rings (SSSR count). The third-order valence-corrected chi connectivity index (χ3v) is 1.71. The molecule has 0 saturated carbocycles. The molecule has 5 nitrogen and oxygen atoms in total. The van der Waals surface area contributed by atoms with Crippen LogP contribution >= 0.6 is 0 Å². The molecule has 0 aliphatic rings. The summed E-state index contributed by atoms with van der Waals surface area (Å²) < 4.78 is 0. The molecule has 0 radical (unpaired) electrons. The first-order chi connectivity index (χ1) is 5.97. The quantitative estimate of drug-likeness (QED) is 0.630. The largest absolute Gasteiger partial charge is 0.480 e. The fraction of sp³-hybridized carbons (Fsp3) is 0.750. The molecule has 0 aliphatic carbocycles. The standard InChI is InChI=1S/C8H16N2O3/c1-4-10(3)7(11)5-9(2)6-8(12)13/h4-6H2,1-3H3,(H,12,13). The lowest BCUT2D eigenvalue weighted by molar-refractivity contribution is -0.139. The fourth-order valence-electron chi connectivity index (χ4n) is 0.815. The Kier molecular flexibility index (Phi) is 5.06. The molecule has 1 N–H and O–H groups in total. The Balaban J connectivity index is 3.84. The summed E-state index contributed by atoms with van der Waals surface area (Å²) in [4.78, 5) is 24.5.